The topological polar surface area (TPSA) is 41.6 Å². The number of piperazine rings is 1. The molecule has 2 aromatic carbocycles. The molecule has 0 radical (unpaired) electrons. The summed E-state index contributed by atoms with van der Waals surface area (Å²) in [5, 5.41) is 3.36. The molecule has 1 unspecified atom stereocenters. The molecule has 0 aromatic heterocycles. The van der Waals surface area contributed by atoms with E-state index in [0.717, 1.165) is 23.5 Å². The maximum atomic E-state index is 13.3. The highest BCUT2D eigenvalue weighted by Crippen LogP contribution is 2.36. The van der Waals surface area contributed by atoms with Crippen molar-refractivity contribution in [3.8, 4) is 5.75 Å². The number of benzene rings is 2. The molecule has 1 aliphatic rings. The van der Waals surface area contributed by atoms with Gasteiger partial charge < -0.3 is 14.6 Å². The maximum absolute atomic E-state index is 13.3. The molecule has 0 saturated carbocycles. The van der Waals surface area contributed by atoms with Crippen molar-refractivity contribution >= 4 is 20.6 Å². The molecule has 1 N–H and O–H groups in total. The van der Waals surface area contributed by atoms with Crippen LogP contribution in [0.4, 0.5) is 5.69 Å². The highest BCUT2D eigenvalue weighted by Gasteiger charge is 2.32. The van der Waals surface area contributed by atoms with Crippen LogP contribution in [0, 0.1) is 0 Å². The van der Waals surface area contributed by atoms with Gasteiger partial charge in [0.25, 0.3) is 0 Å². The second-order valence-corrected chi connectivity index (χ2v) is 10.7. The van der Waals surface area contributed by atoms with Crippen molar-refractivity contribution < 1.29 is 9.22 Å². The number of hydrogen-bond acceptors (Lipinski definition) is 3. The summed E-state index contributed by atoms with van der Waals surface area (Å²) >= 11 is 0. The fraction of sp³-hybridized carbons (Fsp3) is 0.409. The number of hydrogen-bond donors (Lipinski definition) is 1. The Morgan fingerprint density at radius 2 is 1.81 bits per heavy atom. The lowest BCUT2D eigenvalue weighted by atomic mass is 9.86. The maximum Gasteiger partial charge on any atom is 0.248 e. The summed E-state index contributed by atoms with van der Waals surface area (Å²) in [6, 6.07) is 15.9. The molecule has 1 amide bonds. The molecule has 27 heavy (non-hydrogen) atoms. The van der Waals surface area contributed by atoms with E-state index in [1.54, 1.807) is 0 Å². The molecule has 1 saturated heterocycles. The Morgan fingerprint density at radius 1 is 1.11 bits per heavy atom. The van der Waals surface area contributed by atoms with Crippen molar-refractivity contribution in [3.05, 3.63) is 59.7 Å². The summed E-state index contributed by atoms with van der Waals surface area (Å²) in [5.41, 5.74) is 3.14. The zero-order valence-electron chi connectivity index (χ0n) is 17.0. The Labute approximate surface area is 164 Å². The molecule has 1 atom stereocenters. The minimum Gasteiger partial charge on any atom is -0.546 e. The van der Waals surface area contributed by atoms with E-state index in [-0.39, 0.29) is 17.4 Å². The van der Waals surface area contributed by atoms with Gasteiger partial charge in [0.05, 0.1) is 5.69 Å². The van der Waals surface area contributed by atoms with E-state index in [2.05, 4.69) is 57.4 Å². The fourth-order valence-corrected chi connectivity index (χ4v) is 4.07. The van der Waals surface area contributed by atoms with Gasteiger partial charge in [-0.3, -0.25) is 4.79 Å². The summed E-state index contributed by atoms with van der Waals surface area (Å²) in [6.45, 7) is 12.3. The minimum absolute atomic E-state index is 0.0369. The molecule has 1 fully saturated rings. The van der Waals surface area contributed by atoms with Crippen LogP contribution in [0.5, 0.6) is 5.75 Å². The number of amides is 1. The van der Waals surface area contributed by atoms with E-state index in [4.69, 9.17) is 4.43 Å². The molecule has 0 bridgehead atoms. The van der Waals surface area contributed by atoms with Gasteiger partial charge in [-0.05, 0) is 41.8 Å². The molecule has 1 aliphatic heterocycles. The van der Waals surface area contributed by atoms with Crippen LogP contribution in [0.3, 0.4) is 0 Å². The van der Waals surface area contributed by atoms with Crippen LogP contribution in [0.25, 0.3) is 0 Å². The predicted octanol–water partition coefficient (Wildman–Crippen LogP) is 4.02. The normalized spacial score (nSPS) is 18.1. The molecular formula is C22H30N2O2Si. The molecule has 0 spiro atoms. The fourth-order valence-electron chi connectivity index (χ4n) is 3.37. The zero-order chi connectivity index (χ0) is 19.6. The molecule has 4 nitrogen and oxygen atoms in total. The van der Waals surface area contributed by atoms with Crippen LogP contribution in [-0.2, 0) is 10.2 Å². The van der Waals surface area contributed by atoms with Crippen LogP contribution in [0.1, 0.15) is 37.9 Å². The Morgan fingerprint density at radius 3 is 2.44 bits per heavy atom. The average Bonchev–Trinajstić information content (AvgIpc) is 2.62. The van der Waals surface area contributed by atoms with E-state index in [1.165, 1.54) is 5.56 Å². The zero-order valence-corrected chi connectivity index (χ0v) is 18.1. The molecular weight excluding hydrogens is 352 g/mol. The average molecular weight is 383 g/mol. The summed E-state index contributed by atoms with van der Waals surface area (Å²) < 4.78 is 6.25. The Bertz CT molecular complexity index is 800. The van der Waals surface area contributed by atoms with Crippen molar-refractivity contribution in [2.75, 3.05) is 18.0 Å². The smallest absolute Gasteiger partial charge is 0.248 e. The minimum atomic E-state index is -1.30. The first-order valence-electron chi connectivity index (χ1n) is 9.68. The molecule has 144 valence electrons. The van der Waals surface area contributed by atoms with Crippen molar-refractivity contribution in [1.82, 2.24) is 5.32 Å². The first-order valence-corrected chi connectivity index (χ1v) is 12.5. The third-order valence-electron chi connectivity index (χ3n) is 4.81. The largest absolute Gasteiger partial charge is 0.546 e. The number of carbonyl (C=O) groups is 1. The lowest BCUT2D eigenvalue weighted by Crippen LogP contribution is -2.50. The molecule has 1 heterocycles. The van der Waals surface area contributed by atoms with Crippen LogP contribution >= 0.6 is 0 Å². The third-order valence-corrected chi connectivity index (χ3v) is 5.53. The summed E-state index contributed by atoms with van der Waals surface area (Å²) in [4.78, 5) is 15.1. The van der Waals surface area contributed by atoms with Gasteiger partial charge in [-0.2, -0.15) is 0 Å². The summed E-state index contributed by atoms with van der Waals surface area (Å²) in [5.74, 6) is 0.914. The van der Waals surface area contributed by atoms with Crippen molar-refractivity contribution in [2.45, 2.75) is 45.3 Å². The van der Waals surface area contributed by atoms with Gasteiger partial charge in [-0.25, -0.2) is 0 Å². The Kier molecular flexibility index (Phi) is 5.72. The Hall–Kier alpha value is -2.11. The highest BCUT2D eigenvalue weighted by atomic mass is 28.3. The Balaban J connectivity index is 1.97. The second-order valence-electron chi connectivity index (χ2n) is 8.39. The van der Waals surface area contributed by atoms with Gasteiger partial charge in [-0.15, -0.1) is 0 Å². The summed E-state index contributed by atoms with van der Waals surface area (Å²) in [7, 11) is -1.30. The lowest BCUT2D eigenvalue weighted by Gasteiger charge is -2.35. The van der Waals surface area contributed by atoms with E-state index in [9.17, 15) is 4.79 Å². The molecule has 0 aliphatic carbocycles. The molecule has 5 heteroatoms. The lowest BCUT2D eigenvalue weighted by molar-refractivity contribution is -0.121. The van der Waals surface area contributed by atoms with Crippen molar-refractivity contribution in [3.63, 3.8) is 0 Å². The van der Waals surface area contributed by atoms with Crippen LogP contribution in [0.2, 0.25) is 13.1 Å². The van der Waals surface area contributed by atoms with Crippen LogP contribution < -0.4 is 14.6 Å². The quantitative estimate of drug-likeness (QED) is 0.812. The molecule has 3 rings (SSSR count). The summed E-state index contributed by atoms with van der Waals surface area (Å²) in [6.07, 6.45) is 0. The van der Waals surface area contributed by atoms with E-state index >= 15 is 0 Å². The number of rotatable bonds is 4. The highest BCUT2D eigenvalue weighted by molar-refractivity contribution is 6.49. The van der Waals surface area contributed by atoms with Gasteiger partial charge in [0.2, 0.25) is 14.9 Å². The number of anilines is 1. The predicted molar refractivity (Wildman–Crippen MR) is 114 cm³/mol. The number of nitrogens with one attached hydrogen (secondary N) is 1. The monoisotopic (exact) mass is 382 g/mol. The van der Waals surface area contributed by atoms with Crippen molar-refractivity contribution in [1.29, 1.82) is 0 Å². The van der Waals surface area contributed by atoms with Gasteiger partial charge in [0, 0.05) is 13.1 Å². The van der Waals surface area contributed by atoms with Crippen LogP contribution in [-0.4, -0.2) is 28.0 Å². The van der Waals surface area contributed by atoms with E-state index in [1.807, 2.05) is 35.2 Å². The number of carbonyl (C=O) groups excluding carboxylic acids is 1. The second kappa shape index (κ2) is 7.86. The van der Waals surface area contributed by atoms with Gasteiger partial charge in [0.1, 0.15) is 11.8 Å². The molecule has 2 aromatic rings. The SMILES string of the molecule is C[SiH](C)Oc1cc(C(C)(C)C)ccc1N1CCNC(c2ccccc2)C1=O. The van der Waals surface area contributed by atoms with Gasteiger partial charge in [0.15, 0.2) is 0 Å². The first-order chi connectivity index (χ1) is 12.8. The standard InChI is InChI=1S/C22H30N2O2Si/c1-22(2,3)17-11-12-18(19(15-17)26-27(4)5)24-14-13-23-20(21(24)25)16-9-7-6-8-10-16/h6-12,15,20,23,27H,13-14H2,1-5H3. The number of nitrogens with zero attached hydrogens (tertiary/aromatic N) is 1. The van der Waals surface area contributed by atoms with Gasteiger partial charge in [-0.1, -0.05) is 57.2 Å². The van der Waals surface area contributed by atoms with Crippen LogP contribution in [0.15, 0.2) is 48.5 Å². The van der Waals surface area contributed by atoms with Crippen molar-refractivity contribution in [2.24, 2.45) is 0 Å². The van der Waals surface area contributed by atoms with E-state index < -0.39 is 9.04 Å². The third kappa shape index (κ3) is 4.42. The van der Waals surface area contributed by atoms with E-state index in [0.29, 0.717) is 6.54 Å². The van der Waals surface area contributed by atoms with Gasteiger partial charge >= 0.3 is 0 Å². The first kappa shape index (κ1) is 19.6.